The molecule has 0 bridgehead atoms. The molecule has 0 aliphatic rings. The average molecular weight is 210 g/mol. The third-order valence-corrected chi connectivity index (χ3v) is 2.13. The van der Waals surface area contributed by atoms with Gasteiger partial charge in [0.1, 0.15) is 0 Å². The molecule has 0 amide bonds. The molecule has 1 aromatic carbocycles. The highest BCUT2D eigenvalue weighted by Crippen LogP contribution is 2.34. The molecule has 1 rings (SSSR count). The van der Waals surface area contributed by atoms with Gasteiger partial charge in [0.15, 0.2) is 11.5 Å². The van der Waals surface area contributed by atoms with Crippen LogP contribution in [0.5, 0.6) is 11.5 Å². The van der Waals surface area contributed by atoms with E-state index in [0.29, 0.717) is 18.1 Å². The van der Waals surface area contributed by atoms with Crippen LogP contribution in [0, 0.1) is 0 Å². The molecule has 15 heavy (non-hydrogen) atoms. The topological polar surface area (TPSA) is 38.7 Å². The summed E-state index contributed by atoms with van der Waals surface area (Å²) >= 11 is 0. The van der Waals surface area contributed by atoms with Gasteiger partial charge in [-0.3, -0.25) is 0 Å². The fourth-order valence-electron chi connectivity index (χ4n) is 1.38. The minimum absolute atomic E-state index is 0.549. The minimum Gasteiger partial charge on any atom is -0.493 e. The van der Waals surface area contributed by atoms with Crippen LogP contribution in [0.3, 0.4) is 0 Å². The highest BCUT2D eigenvalue weighted by Gasteiger charge is 2.13. The van der Waals surface area contributed by atoms with Crippen LogP contribution in [0.2, 0.25) is 0 Å². The Kier molecular flexibility index (Phi) is 4.43. The third-order valence-electron chi connectivity index (χ3n) is 2.13. The molecule has 0 heterocycles. The van der Waals surface area contributed by atoms with Gasteiger partial charge in [-0.1, -0.05) is 19.1 Å². The van der Waals surface area contributed by atoms with Gasteiger partial charge in [0.05, 0.1) is 19.8 Å². The lowest BCUT2D eigenvalue weighted by molar-refractivity contribution is 0.189. The highest BCUT2D eigenvalue weighted by atomic mass is 16.5. The Morgan fingerprint density at radius 2 is 2.13 bits per heavy atom. The fourth-order valence-corrected chi connectivity index (χ4v) is 1.38. The van der Waals surface area contributed by atoms with Gasteiger partial charge in [-0.15, -0.1) is 0 Å². The lowest BCUT2D eigenvalue weighted by Crippen LogP contribution is -2.03. The monoisotopic (exact) mass is 210 g/mol. The number of hydrogen-bond acceptors (Lipinski definition) is 3. The molecule has 0 spiro atoms. The van der Waals surface area contributed by atoms with E-state index >= 15 is 0 Å². The van der Waals surface area contributed by atoms with E-state index in [9.17, 15) is 5.11 Å². The van der Waals surface area contributed by atoms with Crippen molar-refractivity contribution < 1.29 is 14.6 Å². The summed E-state index contributed by atoms with van der Waals surface area (Å²) in [5.74, 6) is 1.32. The predicted octanol–water partition coefficient (Wildman–Crippen LogP) is 2.54. The van der Waals surface area contributed by atoms with E-state index in [1.54, 1.807) is 14.0 Å². The molecule has 84 valence electrons. The number of aliphatic hydroxyl groups excluding tert-OH is 1. The smallest absolute Gasteiger partial charge is 0.166 e. The third kappa shape index (κ3) is 2.86. The van der Waals surface area contributed by atoms with Crippen molar-refractivity contribution in [1.82, 2.24) is 0 Å². The molecule has 0 fully saturated rings. The standard InChI is InChI=1S/C12H18O3/c1-4-8-15-12-10(9(2)13)6-5-7-11(12)14-3/h5-7,9,13H,4,8H2,1-3H3. The quantitative estimate of drug-likeness (QED) is 0.811. The van der Waals surface area contributed by atoms with Crippen molar-refractivity contribution in [2.45, 2.75) is 26.4 Å². The van der Waals surface area contributed by atoms with Crippen molar-refractivity contribution in [3.63, 3.8) is 0 Å². The number of para-hydroxylation sites is 1. The number of ether oxygens (including phenoxy) is 2. The van der Waals surface area contributed by atoms with Crippen LogP contribution < -0.4 is 9.47 Å². The molecule has 1 unspecified atom stereocenters. The Labute approximate surface area is 90.6 Å². The second-order valence-electron chi connectivity index (χ2n) is 3.40. The van der Waals surface area contributed by atoms with E-state index in [1.807, 2.05) is 25.1 Å². The van der Waals surface area contributed by atoms with E-state index in [-0.39, 0.29) is 0 Å². The molecular weight excluding hydrogens is 192 g/mol. The Morgan fingerprint density at radius 3 is 2.67 bits per heavy atom. The number of rotatable bonds is 5. The molecule has 0 saturated carbocycles. The van der Waals surface area contributed by atoms with Crippen LogP contribution in [0.25, 0.3) is 0 Å². The normalized spacial score (nSPS) is 12.3. The summed E-state index contributed by atoms with van der Waals surface area (Å²) in [5.41, 5.74) is 0.766. The zero-order valence-electron chi connectivity index (χ0n) is 9.49. The Hall–Kier alpha value is -1.22. The van der Waals surface area contributed by atoms with E-state index in [1.165, 1.54) is 0 Å². The van der Waals surface area contributed by atoms with Crippen LogP contribution in [-0.4, -0.2) is 18.8 Å². The largest absolute Gasteiger partial charge is 0.493 e. The Morgan fingerprint density at radius 1 is 1.40 bits per heavy atom. The van der Waals surface area contributed by atoms with Crippen LogP contribution >= 0.6 is 0 Å². The van der Waals surface area contributed by atoms with E-state index < -0.39 is 6.10 Å². The first-order chi connectivity index (χ1) is 7.20. The van der Waals surface area contributed by atoms with Gasteiger partial charge in [-0.05, 0) is 19.4 Å². The molecule has 3 heteroatoms. The minimum atomic E-state index is -0.549. The summed E-state index contributed by atoms with van der Waals surface area (Å²) in [4.78, 5) is 0. The van der Waals surface area contributed by atoms with Crippen molar-refractivity contribution in [3.8, 4) is 11.5 Å². The van der Waals surface area contributed by atoms with Gasteiger partial charge in [0.2, 0.25) is 0 Å². The first-order valence-electron chi connectivity index (χ1n) is 5.18. The van der Waals surface area contributed by atoms with E-state index in [0.717, 1.165) is 12.0 Å². The summed E-state index contributed by atoms with van der Waals surface area (Å²) in [6.45, 7) is 4.38. The maximum atomic E-state index is 9.59. The Balaban J connectivity index is 3.03. The number of aliphatic hydroxyl groups is 1. The average Bonchev–Trinajstić information content (AvgIpc) is 2.25. The van der Waals surface area contributed by atoms with E-state index in [4.69, 9.17) is 9.47 Å². The SMILES string of the molecule is CCCOc1c(OC)cccc1C(C)O. The van der Waals surface area contributed by atoms with Crippen molar-refractivity contribution in [1.29, 1.82) is 0 Å². The van der Waals surface area contributed by atoms with Gasteiger partial charge >= 0.3 is 0 Å². The van der Waals surface area contributed by atoms with Crippen molar-refractivity contribution in [2.24, 2.45) is 0 Å². The van der Waals surface area contributed by atoms with Crippen molar-refractivity contribution >= 4 is 0 Å². The molecular formula is C12H18O3. The summed E-state index contributed by atoms with van der Waals surface area (Å²) < 4.78 is 10.8. The first kappa shape index (κ1) is 11.9. The molecule has 1 atom stereocenters. The molecule has 0 aromatic heterocycles. The zero-order chi connectivity index (χ0) is 11.3. The number of methoxy groups -OCH3 is 1. The lowest BCUT2D eigenvalue weighted by Gasteiger charge is -2.16. The Bertz CT molecular complexity index is 308. The summed E-state index contributed by atoms with van der Waals surface area (Å²) in [6.07, 6.45) is 0.379. The number of benzene rings is 1. The van der Waals surface area contributed by atoms with Gasteiger partial charge in [-0.25, -0.2) is 0 Å². The predicted molar refractivity (Wildman–Crippen MR) is 59.4 cm³/mol. The second kappa shape index (κ2) is 5.61. The van der Waals surface area contributed by atoms with Gasteiger partial charge in [0.25, 0.3) is 0 Å². The molecule has 3 nitrogen and oxygen atoms in total. The summed E-state index contributed by atoms with van der Waals surface area (Å²) in [7, 11) is 1.60. The highest BCUT2D eigenvalue weighted by molar-refractivity contribution is 5.47. The van der Waals surface area contributed by atoms with Crippen LogP contribution in [0.15, 0.2) is 18.2 Å². The van der Waals surface area contributed by atoms with Gasteiger partial charge in [-0.2, -0.15) is 0 Å². The molecule has 0 radical (unpaired) electrons. The van der Waals surface area contributed by atoms with E-state index in [2.05, 4.69) is 0 Å². The van der Waals surface area contributed by atoms with Gasteiger partial charge < -0.3 is 14.6 Å². The fraction of sp³-hybridized carbons (Fsp3) is 0.500. The molecule has 0 saturated heterocycles. The van der Waals surface area contributed by atoms with Crippen molar-refractivity contribution in [3.05, 3.63) is 23.8 Å². The summed E-state index contributed by atoms with van der Waals surface area (Å²) in [6, 6.07) is 5.52. The van der Waals surface area contributed by atoms with Crippen LogP contribution in [0.1, 0.15) is 31.9 Å². The molecule has 0 aliphatic heterocycles. The molecule has 1 N–H and O–H groups in total. The maximum absolute atomic E-state index is 9.59. The van der Waals surface area contributed by atoms with Crippen LogP contribution in [0.4, 0.5) is 0 Å². The number of hydrogen-bond donors (Lipinski definition) is 1. The lowest BCUT2D eigenvalue weighted by atomic mass is 10.1. The van der Waals surface area contributed by atoms with Gasteiger partial charge in [0, 0.05) is 5.56 Å². The zero-order valence-corrected chi connectivity index (χ0v) is 9.49. The second-order valence-corrected chi connectivity index (χ2v) is 3.40. The molecule has 0 aliphatic carbocycles. The molecule has 1 aromatic rings. The first-order valence-corrected chi connectivity index (χ1v) is 5.18. The van der Waals surface area contributed by atoms with Crippen LogP contribution in [-0.2, 0) is 0 Å². The maximum Gasteiger partial charge on any atom is 0.166 e. The summed E-state index contributed by atoms with van der Waals surface area (Å²) in [5, 5.41) is 9.59. The van der Waals surface area contributed by atoms with Crippen molar-refractivity contribution in [2.75, 3.05) is 13.7 Å².